The van der Waals surface area contributed by atoms with Gasteiger partial charge in [0.2, 0.25) is 0 Å². The summed E-state index contributed by atoms with van der Waals surface area (Å²) in [7, 11) is 0. The van der Waals surface area contributed by atoms with Crippen molar-refractivity contribution in [3.63, 3.8) is 0 Å². The van der Waals surface area contributed by atoms with Gasteiger partial charge in [-0.3, -0.25) is 0 Å². The molecule has 0 aliphatic rings. The van der Waals surface area contributed by atoms with Gasteiger partial charge in [-0.15, -0.1) is 0 Å². The van der Waals surface area contributed by atoms with Gasteiger partial charge in [0.25, 0.3) is 0 Å². The maximum atomic E-state index is 11.0. The fourth-order valence-electron chi connectivity index (χ4n) is 1.21. The van der Waals surface area contributed by atoms with Gasteiger partial charge < -0.3 is 10.1 Å². The van der Waals surface area contributed by atoms with Gasteiger partial charge in [0.05, 0.1) is 6.61 Å². The molecule has 0 unspecified atom stereocenters. The van der Waals surface area contributed by atoms with Crippen molar-refractivity contribution < 1.29 is 9.53 Å². The van der Waals surface area contributed by atoms with Crippen LogP contribution in [0, 0.1) is 6.92 Å². The number of carbonyl (C=O) groups excluding carboxylic acids is 1. The third kappa shape index (κ3) is 3.80. The molecule has 82 valence electrons. The van der Waals surface area contributed by atoms with Crippen LogP contribution in [0.2, 0.25) is 5.02 Å². The molecule has 3 nitrogen and oxygen atoms in total. The predicted molar refractivity (Wildman–Crippen MR) is 60.1 cm³/mol. The van der Waals surface area contributed by atoms with Crippen molar-refractivity contribution >= 4 is 17.7 Å². The molecular formula is C11H14ClNO2. The molecule has 4 heteroatoms. The van der Waals surface area contributed by atoms with Crippen LogP contribution in [0.4, 0.5) is 4.79 Å². The molecule has 0 fully saturated rings. The summed E-state index contributed by atoms with van der Waals surface area (Å²) < 4.78 is 4.75. The Hall–Kier alpha value is -1.22. The molecule has 0 aliphatic carbocycles. The number of alkyl carbamates (subject to hydrolysis) is 1. The lowest BCUT2D eigenvalue weighted by Crippen LogP contribution is -2.23. The standard InChI is InChI=1S/C11H14ClNO2/c1-3-15-11(14)13-7-9-4-5-10(12)6-8(9)2/h4-6H,3,7H2,1-2H3,(H,13,14). The van der Waals surface area contributed by atoms with Crippen LogP contribution < -0.4 is 5.32 Å². The summed E-state index contributed by atoms with van der Waals surface area (Å²) in [5.74, 6) is 0. The van der Waals surface area contributed by atoms with Gasteiger partial charge >= 0.3 is 6.09 Å². The van der Waals surface area contributed by atoms with Crippen molar-refractivity contribution in [2.75, 3.05) is 6.61 Å². The van der Waals surface area contributed by atoms with Crippen LogP contribution in [-0.2, 0) is 11.3 Å². The van der Waals surface area contributed by atoms with Crippen LogP contribution in [0.5, 0.6) is 0 Å². The predicted octanol–water partition coefficient (Wildman–Crippen LogP) is 2.89. The quantitative estimate of drug-likeness (QED) is 0.862. The van der Waals surface area contributed by atoms with Gasteiger partial charge in [0.1, 0.15) is 0 Å². The third-order valence-corrected chi connectivity index (χ3v) is 2.24. The summed E-state index contributed by atoms with van der Waals surface area (Å²) in [6.45, 7) is 4.56. The highest BCUT2D eigenvalue weighted by molar-refractivity contribution is 6.30. The number of aryl methyl sites for hydroxylation is 1. The van der Waals surface area contributed by atoms with Crippen LogP contribution in [0.3, 0.4) is 0 Å². The van der Waals surface area contributed by atoms with Gasteiger partial charge in [0.15, 0.2) is 0 Å². The Morgan fingerprint density at radius 3 is 2.87 bits per heavy atom. The van der Waals surface area contributed by atoms with Gasteiger partial charge in [-0.25, -0.2) is 4.79 Å². The minimum atomic E-state index is -0.396. The van der Waals surface area contributed by atoms with Gasteiger partial charge in [0, 0.05) is 11.6 Å². The Morgan fingerprint density at radius 2 is 2.27 bits per heavy atom. The maximum Gasteiger partial charge on any atom is 0.407 e. The molecule has 15 heavy (non-hydrogen) atoms. The van der Waals surface area contributed by atoms with E-state index in [0.717, 1.165) is 11.1 Å². The van der Waals surface area contributed by atoms with Crippen molar-refractivity contribution in [3.05, 3.63) is 34.3 Å². The smallest absolute Gasteiger partial charge is 0.407 e. The highest BCUT2D eigenvalue weighted by atomic mass is 35.5. The second-order valence-corrected chi connectivity index (χ2v) is 3.58. The summed E-state index contributed by atoms with van der Waals surface area (Å²) in [5.41, 5.74) is 2.09. The van der Waals surface area contributed by atoms with E-state index >= 15 is 0 Å². The Kier molecular flexibility index (Phi) is 4.43. The molecule has 0 radical (unpaired) electrons. The van der Waals surface area contributed by atoms with Crippen LogP contribution in [-0.4, -0.2) is 12.7 Å². The average molecular weight is 228 g/mol. The average Bonchev–Trinajstić information content (AvgIpc) is 2.17. The summed E-state index contributed by atoms with van der Waals surface area (Å²) in [6, 6.07) is 5.56. The Labute approximate surface area is 94.4 Å². The van der Waals surface area contributed by atoms with Gasteiger partial charge in [-0.05, 0) is 37.1 Å². The summed E-state index contributed by atoms with van der Waals surface area (Å²) in [4.78, 5) is 11.0. The van der Waals surface area contributed by atoms with Gasteiger partial charge in [-0.2, -0.15) is 0 Å². The first-order chi connectivity index (χ1) is 7.13. The molecule has 1 N–H and O–H groups in total. The van der Waals surface area contributed by atoms with Crippen LogP contribution in [0.15, 0.2) is 18.2 Å². The lowest BCUT2D eigenvalue weighted by molar-refractivity contribution is 0.151. The zero-order chi connectivity index (χ0) is 11.3. The molecule has 0 bridgehead atoms. The first-order valence-corrected chi connectivity index (χ1v) is 5.17. The molecular weight excluding hydrogens is 214 g/mol. The van der Waals surface area contributed by atoms with E-state index in [2.05, 4.69) is 5.32 Å². The summed E-state index contributed by atoms with van der Waals surface area (Å²) >= 11 is 5.82. The summed E-state index contributed by atoms with van der Waals surface area (Å²) in [5, 5.41) is 3.36. The molecule has 1 rings (SSSR count). The molecule has 0 aromatic heterocycles. The number of rotatable bonds is 3. The zero-order valence-electron chi connectivity index (χ0n) is 8.84. The van der Waals surface area contributed by atoms with Crippen LogP contribution in [0.1, 0.15) is 18.1 Å². The van der Waals surface area contributed by atoms with E-state index < -0.39 is 6.09 Å². The fourth-order valence-corrected chi connectivity index (χ4v) is 1.43. The van der Waals surface area contributed by atoms with E-state index in [-0.39, 0.29) is 0 Å². The van der Waals surface area contributed by atoms with E-state index in [0.29, 0.717) is 18.2 Å². The number of nitrogens with one attached hydrogen (secondary N) is 1. The Balaban J connectivity index is 2.54. The lowest BCUT2D eigenvalue weighted by atomic mass is 10.1. The number of halogens is 1. The van der Waals surface area contributed by atoms with Crippen molar-refractivity contribution in [2.24, 2.45) is 0 Å². The topological polar surface area (TPSA) is 38.3 Å². The van der Waals surface area contributed by atoms with Crippen LogP contribution in [0.25, 0.3) is 0 Å². The fraction of sp³-hybridized carbons (Fsp3) is 0.364. The molecule has 0 spiro atoms. The SMILES string of the molecule is CCOC(=O)NCc1ccc(Cl)cc1C. The van der Waals surface area contributed by atoms with E-state index in [1.54, 1.807) is 13.0 Å². The number of ether oxygens (including phenoxy) is 1. The number of carbonyl (C=O) groups is 1. The van der Waals surface area contributed by atoms with Crippen molar-refractivity contribution in [3.8, 4) is 0 Å². The van der Waals surface area contributed by atoms with Crippen LogP contribution >= 0.6 is 11.6 Å². The number of hydrogen-bond acceptors (Lipinski definition) is 2. The van der Waals surface area contributed by atoms with Gasteiger partial charge in [-0.1, -0.05) is 17.7 Å². The van der Waals surface area contributed by atoms with E-state index in [1.807, 2.05) is 19.1 Å². The van der Waals surface area contributed by atoms with Crippen molar-refractivity contribution in [2.45, 2.75) is 20.4 Å². The minimum Gasteiger partial charge on any atom is -0.450 e. The highest BCUT2D eigenvalue weighted by Gasteiger charge is 2.02. The molecule has 0 aliphatic heterocycles. The minimum absolute atomic E-state index is 0.380. The van der Waals surface area contributed by atoms with Crippen molar-refractivity contribution in [1.29, 1.82) is 0 Å². The van der Waals surface area contributed by atoms with E-state index in [4.69, 9.17) is 16.3 Å². The highest BCUT2D eigenvalue weighted by Crippen LogP contribution is 2.14. The first kappa shape index (κ1) is 11.9. The second kappa shape index (κ2) is 5.61. The normalized spacial score (nSPS) is 9.80. The summed E-state index contributed by atoms with van der Waals surface area (Å²) in [6.07, 6.45) is -0.396. The molecule has 1 amide bonds. The zero-order valence-corrected chi connectivity index (χ0v) is 9.60. The molecule has 0 atom stereocenters. The molecule has 0 saturated heterocycles. The second-order valence-electron chi connectivity index (χ2n) is 3.14. The Morgan fingerprint density at radius 1 is 1.53 bits per heavy atom. The number of amides is 1. The first-order valence-electron chi connectivity index (χ1n) is 4.79. The lowest BCUT2D eigenvalue weighted by Gasteiger charge is -2.08. The number of benzene rings is 1. The number of hydrogen-bond donors (Lipinski definition) is 1. The molecule has 0 heterocycles. The van der Waals surface area contributed by atoms with Crippen molar-refractivity contribution in [1.82, 2.24) is 5.32 Å². The maximum absolute atomic E-state index is 11.0. The van der Waals surface area contributed by atoms with E-state index in [1.165, 1.54) is 0 Å². The Bertz CT molecular complexity index is 352. The molecule has 1 aromatic rings. The molecule has 0 saturated carbocycles. The third-order valence-electron chi connectivity index (χ3n) is 2.00. The largest absolute Gasteiger partial charge is 0.450 e. The monoisotopic (exact) mass is 227 g/mol. The van der Waals surface area contributed by atoms with E-state index in [9.17, 15) is 4.79 Å². The molecule has 1 aromatic carbocycles.